The molecular weight excluding hydrogens is 513 g/mol. The van der Waals surface area contributed by atoms with Gasteiger partial charge in [0.15, 0.2) is 0 Å². The summed E-state index contributed by atoms with van der Waals surface area (Å²) < 4.78 is 0. The number of rotatable bonds is 3. The SMILES string of the molecule is [Cl][Pt][Cl].c1ccc([PH+](c2ccccc2)c2ccccc2)cc1. The maximum absolute atomic E-state index is 4.88. The fraction of sp³-hybridized carbons (Fsp3) is 0. The molecule has 0 atom stereocenters. The third-order valence-corrected chi connectivity index (χ3v) is 5.92. The van der Waals surface area contributed by atoms with Crippen LogP contribution in [0.15, 0.2) is 91.0 Å². The van der Waals surface area contributed by atoms with Crippen molar-refractivity contribution in [2.24, 2.45) is 0 Å². The van der Waals surface area contributed by atoms with Crippen molar-refractivity contribution < 1.29 is 16.5 Å². The number of benzene rings is 3. The molecule has 0 fully saturated rings. The molecule has 0 amide bonds. The van der Waals surface area contributed by atoms with E-state index in [-0.39, 0.29) is 0 Å². The summed E-state index contributed by atoms with van der Waals surface area (Å²) in [5.41, 5.74) is 0. The molecule has 0 aliphatic rings. The van der Waals surface area contributed by atoms with Gasteiger partial charge in [-0.05, 0) is 36.4 Å². The van der Waals surface area contributed by atoms with E-state index in [9.17, 15) is 0 Å². The van der Waals surface area contributed by atoms with E-state index in [0.717, 1.165) is 0 Å². The van der Waals surface area contributed by atoms with Crippen LogP contribution >= 0.6 is 26.8 Å². The number of halogens is 2. The molecule has 116 valence electrons. The van der Waals surface area contributed by atoms with Crippen molar-refractivity contribution in [3.8, 4) is 0 Å². The molecule has 0 heterocycles. The molecule has 0 aromatic heterocycles. The van der Waals surface area contributed by atoms with Gasteiger partial charge in [0, 0.05) is 0 Å². The predicted octanol–water partition coefficient (Wildman–Crippen LogP) is 4.55. The van der Waals surface area contributed by atoms with E-state index in [1.165, 1.54) is 15.9 Å². The average Bonchev–Trinajstić information content (AvgIpc) is 2.59. The van der Waals surface area contributed by atoms with Crippen molar-refractivity contribution in [1.29, 1.82) is 0 Å². The van der Waals surface area contributed by atoms with Crippen molar-refractivity contribution in [3.63, 3.8) is 0 Å². The first-order valence-corrected chi connectivity index (χ1v) is 13.9. The summed E-state index contributed by atoms with van der Waals surface area (Å²) in [4.78, 5) is 0. The van der Waals surface area contributed by atoms with Gasteiger partial charge in [0.05, 0.1) is 7.92 Å². The summed E-state index contributed by atoms with van der Waals surface area (Å²) in [5.74, 6) is 0. The van der Waals surface area contributed by atoms with Crippen LogP contribution in [0.25, 0.3) is 0 Å². The van der Waals surface area contributed by atoms with Crippen LogP contribution in [0.5, 0.6) is 0 Å². The monoisotopic (exact) mass is 528 g/mol. The molecule has 0 spiro atoms. The Bertz CT molecular complexity index is 554. The maximum Gasteiger partial charge on any atom is 0.102 e. The minimum atomic E-state index is -0.877. The zero-order valence-electron chi connectivity index (χ0n) is 11.7. The Kier molecular flexibility index (Phi) is 8.20. The van der Waals surface area contributed by atoms with Crippen molar-refractivity contribution >= 4 is 42.7 Å². The predicted molar refractivity (Wildman–Crippen MR) is 98.2 cm³/mol. The van der Waals surface area contributed by atoms with Crippen LogP contribution in [-0.4, -0.2) is 0 Å². The van der Waals surface area contributed by atoms with Gasteiger partial charge in [0.1, 0.15) is 15.9 Å². The molecule has 0 unspecified atom stereocenters. The third kappa shape index (κ3) is 5.22. The van der Waals surface area contributed by atoms with Gasteiger partial charge in [-0.2, -0.15) is 0 Å². The minimum Gasteiger partial charge on any atom is -0.0620 e. The van der Waals surface area contributed by atoms with E-state index in [4.69, 9.17) is 18.8 Å². The summed E-state index contributed by atoms with van der Waals surface area (Å²) in [7, 11) is 8.87. The van der Waals surface area contributed by atoms with Crippen molar-refractivity contribution in [2.75, 3.05) is 0 Å². The largest absolute Gasteiger partial charge is 0.102 e. The Morgan fingerprint density at radius 3 is 0.955 bits per heavy atom. The standard InChI is InChI=1S/C18H15P.2ClH.Pt/c1-4-10-16(11-5-1)19(17-12-6-2-7-13-17)18-14-8-3-9-15-18;;;/h1-15H;2*1H;/q;;;+2/p-1. The summed E-state index contributed by atoms with van der Waals surface area (Å²) in [6.07, 6.45) is 0. The van der Waals surface area contributed by atoms with Crippen LogP contribution < -0.4 is 15.9 Å². The van der Waals surface area contributed by atoms with Gasteiger partial charge < -0.3 is 0 Å². The third-order valence-electron chi connectivity index (χ3n) is 3.19. The number of hydrogen-bond acceptors (Lipinski definition) is 0. The Morgan fingerprint density at radius 2 is 0.727 bits per heavy atom. The molecular formula is C18H16Cl2PPt+. The van der Waals surface area contributed by atoms with Gasteiger partial charge >= 0.3 is 35.3 Å². The first-order valence-electron chi connectivity index (χ1n) is 6.72. The first kappa shape index (κ1) is 17.7. The second kappa shape index (κ2) is 10.2. The van der Waals surface area contributed by atoms with E-state index >= 15 is 0 Å². The van der Waals surface area contributed by atoms with E-state index in [0.29, 0.717) is 0 Å². The zero-order chi connectivity index (χ0) is 15.6. The molecule has 0 N–H and O–H groups in total. The quantitative estimate of drug-likeness (QED) is 0.437. The van der Waals surface area contributed by atoms with Gasteiger partial charge in [-0.15, -0.1) is 0 Å². The molecule has 0 radical (unpaired) electrons. The summed E-state index contributed by atoms with van der Waals surface area (Å²) >= 11 is -0.472. The Labute approximate surface area is 149 Å². The van der Waals surface area contributed by atoms with Crippen LogP contribution in [-0.2, 0) is 16.5 Å². The maximum atomic E-state index is 4.88. The van der Waals surface area contributed by atoms with Crippen LogP contribution in [0.4, 0.5) is 0 Å². The minimum absolute atomic E-state index is 0.472. The molecule has 3 aromatic carbocycles. The van der Waals surface area contributed by atoms with Gasteiger partial charge in [-0.1, -0.05) is 54.6 Å². The summed E-state index contributed by atoms with van der Waals surface area (Å²) in [6, 6.07) is 32.5. The van der Waals surface area contributed by atoms with Crippen LogP contribution in [0.3, 0.4) is 0 Å². The molecule has 0 bridgehead atoms. The van der Waals surface area contributed by atoms with E-state index in [1.807, 2.05) is 0 Å². The fourth-order valence-corrected chi connectivity index (χ4v) is 4.89. The second-order valence-corrected chi connectivity index (χ2v) is 10.3. The van der Waals surface area contributed by atoms with E-state index in [1.54, 1.807) is 0 Å². The topological polar surface area (TPSA) is 0 Å². The smallest absolute Gasteiger partial charge is 0.0620 e. The normalized spacial score (nSPS) is 10.1. The fourth-order valence-electron chi connectivity index (χ4n) is 2.31. The van der Waals surface area contributed by atoms with Gasteiger partial charge in [-0.3, -0.25) is 0 Å². The van der Waals surface area contributed by atoms with Crippen molar-refractivity contribution in [3.05, 3.63) is 91.0 Å². The Hall–Kier alpha value is -0.642. The Morgan fingerprint density at radius 1 is 0.500 bits per heavy atom. The van der Waals surface area contributed by atoms with Gasteiger partial charge in [0.2, 0.25) is 0 Å². The van der Waals surface area contributed by atoms with Crippen molar-refractivity contribution in [2.45, 2.75) is 0 Å². The Balaban J connectivity index is 0.000000545. The molecule has 0 saturated carbocycles. The summed E-state index contributed by atoms with van der Waals surface area (Å²) in [6.45, 7) is 0. The van der Waals surface area contributed by atoms with Crippen LogP contribution in [0, 0.1) is 0 Å². The molecule has 22 heavy (non-hydrogen) atoms. The molecule has 0 aliphatic carbocycles. The molecule has 4 heteroatoms. The molecule has 0 nitrogen and oxygen atoms in total. The van der Waals surface area contributed by atoms with Gasteiger partial charge in [0.25, 0.3) is 0 Å². The van der Waals surface area contributed by atoms with E-state index < -0.39 is 24.4 Å². The first-order chi connectivity index (χ1) is 10.9. The van der Waals surface area contributed by atoms with Crippen molar-refractivity contribution in [1.82, 2.24) is 0 Å². The second-order valence-electron chi connectivity index (χ2n) is 4.52. The molecule has 3 rings (SSSR count). The van der Waals surface area contributed by atoms with E-state index in [2.05, 4.69) is 91.0 Å². The van der Waals surface area contributed by atoms with Crippen LogP contribution in [0.2, 0.25) is 0 Å². The van der Waals surface area contributed by atoms with Gasteiger partial charge in [-0.25, -0.2) is 0 Å². The molecule has 0 saturated heterocycles. The van der Waals surface area contributed by atoms with Crippen LogP contribution in [0.1, 0.15) is 0 Å². The zero-order valence-corrected chi connectivity index (χ0v) is 16.5. The summed E-state index contributed by atoms with van der Waals surface area (Å²) in [5, 5.41) is 4.31. The number of hydrogen-bond donors (Lipinski definition) is 0. The average molecular weight is 529 g/mol. The molecule has 3 aromatic rings. The molecule has 0 aliphatic heterocycles.